The average molecular weight is 323 g/mol. The Morgan fingerprint density at radius 2 is 1.32 bits per heavy atom. The molecule has 0 nitrogen and oxygen atoms in total. The summed E-state index contributed by atoms with van der Waals surface area (Å²) in [5, 5.41) is -2.05. The Bertz CT molecular complexity index is 342. The summed E-state index contributed by atoms with van der Waals surface area (Å²) in [7, 11) is 0. The first kappa shape index (κ1) is 18.4. The van der Waals surface area contributed by atoms with Crippen LogP contribution in [0.4, 0.5) is 39.5 Å². The lowest BCUT2D eigenvalue weighted by Gasteiger charge is -2.33. The summed E-state index contributed by atoms with van der Waals surface area (Å²) < 4.78 is 112. The molecule has 0 radical (unpaired) electrons. The Morgan fingerprint density at radius 3 is 1.63 bits per heavy atom. The van der Waals surface area contributed by atoms with Gasteiger partial charge < -0.3 is 0 Å². The van der Waals surface area contributed by atoms with Crippen LogP contribution >= 0.6 is 11.6 Å². The van der Waals surface area contributed by atoms with E-state index >= 15 is 0 Å². The highest BCUT2D eigenvalue weighted by molar-refractivity contribution is 6.30. The SMILES string of the molecule is CCCC=C(Cl)C(F)(F)C(F)(F)C(F)(F)C(F)(F)F. The lowest BCUT2D eigenvalue weighted by Crippen LogP contribution is -2.61. The molecule has 10 heteroatoms. The molecule has 0 saturated heterocycles. The number of unbranched alkanes of at least 4 members (excludes halogenated alkanes) is 1. The number of allylic oxidation sites excluding steroid dienone is 2. The van der Waals surface area contributed by atoms with Crippen molar-refractivity contribution in [3.8, 4) is 0 Å². The van der Waals surface area contributed by atoms with Gasteiger partial charge in [-0.15, -0.1) is 0 Å². The summed E-state index contributed by atoms with van der Waals surface area (Å²) >= 11 is 4.72. The predicted octanol–water partition coefficient (Wildman–Crippen LogP) is 5.38. The molecule has 0 heterocycles. The number of hydrogen-bond donors (Lipinski definition) is 0. The number of alkyl halides is 9. The Kier molecular flexibility index (Phi) is 5.24. The topological polar surface area (TPSA) is 0 Å². The minimum Gasteiger partial charge on any atom is -0.193 e. The number of hydrogen-bond acceptors (Lipinski definition) is 0. The van der Waals surface area contributed by atoms with Gasteiger partial charge >= 0.3 is 23.9 Å². The monoisotopic (exact) mass is 322 g/mol. The largest absolute Gasteiger partial charge is 0.460 e. The molecule has 0 aliphatic rings. The zero-order valence-electron chi connectivity index (χ0n) is 9.27. The molecule has 0 fully saturated rings. The molecule has 0 N–H and O–H groups in total. The molecule has 0 aliphatic carbocycles. The van der Waals surface area contributed by atoms with Crippen molar-refractivity contribution in [2.75, 3.05) is 0 Å². The Balaban J connectivity index is 5.64. The second-order valence-electron chi connectivity index (χ2n) is 3.56. The van der Waals surface area contributed by atoms with E-state index in [1.54, 1.807) is 0 Å². The van der Waals surface area contributed by atoms with E-state index in [1.807, 2.05) is 0 Å². The van der Waals surface area contributed by atoms with Gasteiger partial charge in [0.05, 0.1) is 5.03 Å². The van der Waals surface area contributed by atoms with Gasteiger partial charge in [-0.25, -0.2) is 0 Å². The van der Waals surface area contributed by atoms with E-state index < -0.39 is 29.0 Å². The van der Waals surface area contributed by atoms with E-state index in [0.29, 0.717) is 0 Å². The van der Waals surface area contributed by atoms with Crippen LogP contribution in [0.15, 0.2) is 11.1 Å². The third-order valence-corrected chi connectivity index (χ3v) is 2.45. The molecular weight excluding hydrogens is 315 g/mol. The van der Waals surface area contributed by atoms with Crippen LogP contribution in [-0.2, 0) is 0 Å². The van der Waals surface area contributed by atoms with Crippen molar-refractivity contribution in [1.82, 2.24) is 0 Å². The fourth-order valence-corrected chi connectivity index (χ4v) is 1.15. The van der Waals surface area contributed by atoms with Crippen LogP contribution in [0.25, 0.3) is 0 Å². The van der Waals surface area contributed by atoms with Gasteiger partial charge in [0.2, 0.25) is 0 Å². The fourth-order valence-electron chi connectivity index (χ4n) is 0.924. The normalized spacial score (nSPS) is 15.8. The van der Waals surface area contributed by atoms with E-state index in [-0.39, 0.29) is 18.9 Å². The Hall–Kier alpha value is -0.600. The highest BCUT2D eigenvalue weighted by Crippen LogP contribution is 2.55. The van der Waals surface area contributed by atoms with Gasteiger partial charge in [-0.2, -0.15) is 39.5 Å². The zero-order chi connectivity index (χ0) is 15.7. The van der Waals surface area contributed by atoms with Crippen LogP contribution in [0, 0.1) is 0 Å². The minimum absolute atomic E-state index is 0.160. The van der Waals surface area contributed by atoms with E-state index in [9.17, 15) is 39.5 Å². The number of halogens is 10. The third kappa shape index (κ3) is 3.11. The summed E-state index contributed by atoms with van der Waals surface area (Å²) in [5.41, 5.74) is 0. The molecule has 114 valence electrons. The van der Waals surface area contributed by atoms with Crippen molar-refractivity contribution in [2.24, 2.45) is 0 Å². The van der Waals surface area contributed by atoms with Gasteiger partial charge in [-0.1, -0.05) is 31.0 Å². The molecule has 0 aromatic heterocycles. The van der Waals surface area contributed by atoms with Crippen molar-refractivity contribution in [3.63, 3.8) is 0 Å². The van der Waals surface area contributed by atoms with Gasteiger partial charge in [0.15, 0.2) is 0 Å². The molecule has 0 aromatic rings. The van der Waals surface area contributed by atoms with E-state index in [4.69, 9.17) is 11.6 Å². The second kappa shape index (κ2) is 5.41. The molecule has 0 amide bonds. The van der Waals surface area contributed by atoms with E-state index in [0.717, 1.165) is 0 Å². The first-order valence-corrected chi connectivity index (χ1v) is 5.17. The minimum atomic E-state index is -6.91. The van der Waals surface area contributed by atoms with Gasteiger partial charge in [-0.3, -0.25) is 0 Å². The smallest absolute Gasteiger partial charge is 0.193 e. The molecule has 0 aromatic carbocycles. The standard InChI is InChI=1S/C9H8ClF9/c1-2-3-4-5(10)6(11,12)7(13,14)8(15,16)9(17,18)19/h4H,2-3H2,1H3. The van der Waals surface area contributed by atoms with Crippen molar-refractivity contribution >= 4 is 11.6 Å². The molecule has 0 saturated carbocycles. The van der Waals surface area contributed by atoms with Crippen molar-refractivity contribution in [3.05, 3.63) is 11.1 Å². The maximum atomic E-state index is 13.0. The quantitative estimate of drug-likeness (QED) is 0.596. The fraction of sp³-hybridized carbons (Fsp3) is 0.778. The average Bonchev–Trinajstić information content (AvgIpc) is 2.23. The highest BCUT2D eigenvalue weighted by atomic mass is 35.5. The van der Waals surface area contributed by atoms with E-state index in [1.165, 1.54) is 6.92 Å². The lowest BCUT2D eigenvalue weighted by molar-refractivity contribution is -0.388. The zero-order valence-corrected chi connectivity index (χ0v) is 10.0. The Labute approximate surface area is 107 Å². The van der Waals surface area contributed by atoms with Crippen LogP contribution in [0.3, 0.4) is 0 Å². The maximum absolute atomic E-state index is 13.0. The molecule has 0 aliphatic heterocycles. The van der Waals surface area contributed by atoms with Crippen molar-refractivity contribution in [1.29, 1.82) is 0 Å². The second-order valence-corrected chi connectivity index (χ2v) is 3.97. The first-order chi connectivity index (χ1) is 8.23. The predicted molar refractivity (Wildman–Crippen MR) is 49.7 cm³/mol. The third-order valence-electron chi connectivity index (χ3n) is 2.06. The summed E-state index contributed by atoms with van der Waals surface area (Å²) in [6.45, 7) is 1.43. The van der Waals surface area contributed by atoms with Gasteiger partial charge in [0.25, 0.3) is 0 Å². The highest BCUT2D eigenvalue weighted by Gasteiger charge is 2.82. The van der Waals surface area contributed by atoms with Gasteiger partial charge in [-0.05, 0) is 6.42 Å². The molecule has 0 rings (SSSR count). The van der Waals surface area contributed by atoms with Crippen LogP contribution < -0.4 is 0 Å². The molecule has 0 spiro atoms. The van der Waals surface area contributed by atoms with Crippen LogP contribution in [0.1, 0.15) is 19.8 Å². The molecule has 0 bridgehead atoms. The molecule has 19 heavy (non-hydrogen) atoms. The summed E-state index contributed by atoms with van der Waals surface area (Å²) in [6.07, 6.45) is -6.67. The van der Waals surface area contributed by atoms with Gasteiger partial charge in [0.1, 0.15) is 0 Å². The van der Waals surface area contributed by atoms with Gasteiger partial charge in [0, 0.05) is 0 Å². The van der Waals surface area contributed by atoms with Crippen LogP contribution in [0.2, 0.25) is 0 Å². The lowest BCUT2D eigenvalue weighted by atomic mass is 10.0. The van der Waals surface area contributed by atoms with Crippen LogP contribution in [0.5, 0.6) is 0 Å². The summed E-state index contributed by atoms with van der Waals surface area (Å²) in [4.78, 5) is 0. The summed E-state index contributed by atoms with van der Waals surface area (Å²) in [6, 6.07) is 0. The number of rotatable bonds is 5. The Morgan fingerprint density at radius 1 is 0.895 bits per heavy atom. The molecular formula is C9H8ClF9. The molecule has 0 unspecified atom stereocenters. The molecule has 0 atom stereocenters. The summed E-state index contributed by atoms with van der Waals surface area (Å²) in [5.74, 6) is -19.4. The maximum Gasteiger partial charge on any atom is 0.460 e. The van der Waals surface area contributed by atoms with Crippen molar-refractivity contribution in [2.45, 2.75) is 43.7 Å². The van der Waals surface area contributed by atoms with E-state index in [2.05, 4.69) is 0 Å². The first-order valence-electron chi connectivity index (χ1n) is 4.79. The van der Waals surface area contributed by atoms with Crippen LogP contribution in [-0.4, -0.2) is 23.9 Å². The van der Waals surface area contributed by atoms with Crippen molar-refractivity contribution < 1.29 is 39.5 Å².